The van der Waals surface area contributed by atoms with Crippen LogP contribution in [0.3, 0.4) is 0 Å². The molecule has 4 aromatic rings. The number of hydrogen-bond donors (Lipinski definition) is 1. The van der Waals surface area contributed by atoms with Crippen molar-refractivity contribution in [1.82, 2.24) is 4.98 Å². The molecule has 8 heteroatoms. The molecule has 0 aliphatic rings. The Kier molecular flexibility index (Phi) is 5.28. The first-order valence-corrected chi connectivity index (χ1v) is 10.3. The molecule has 0 atom stereocenters. The summed E-state index contributed by atoms with van der Waals surface area (Å²) in [6.45, 7) is 0. The van der Waals surface area contributed by atoms with Crippen LogP contribution >= 0.6 is 22.7 Å². The summed E-state index contributed by atoms with van der Waals surface area (Å²) in [6.07, 6.45) is 0. The number of thiazole rings is 1. The quantitative estimate of drug-likeness (QED) is 0.504. The zero-order valence-corrected chi connectivity index (χ0v) is 17.2. The van der Waals surface area contributed by atoms with Crippen LogP contribution in [0.2, 0.25) is 0 Å². The zero-order valence-electron chi connectivity index (χ0n) is 15.6. The number of amides is 1. The molecule has 29 heavy (non-hydrogen) atoms. The van der Waals surface area contributed by atoms with Crippen molar-refractivity contribution >= 4 is 44.5 Å². The summed E-state index contributed by atoms with van der Waals surface area (Å²) >= 11 is 2.19. The number of fused-ring (bicyclic) bond motifs is 1. The van der Waals surface area contributed by atoms with Crippen LogP contribution in [0.15, 0.2) is 58.7 Å². The van der Waals surface area contributed by atoms with Crippen LogP contribution in [0, 0.1) is 0 Å². The Balaban J connectivity index is 1.64. The fourth-order valence-electron chi connectivity index (χ4n) is 2.94. The minimum absolute atomic E-state index is 0.271. The van der Waals surface area contributed by atoms with E-state index in [1.165, 1.54) is 25.6 Å². The molecule has 1 amide bonds. The van der Waals surface area contributed by atoms with E-state index in [1.807, 2.05) is 35.7 Å². The Morgan fingerprint density at radius 2 is 1.86 bits per heavy atom. The number of carbonyl (C=O) groups excluding carboxylic acids is 1. The summed E-state index contributed by atoms with van der Waals surface area (Å²) in [5.74, 6) is 0.459. The molecule has 0 unspecified atom stereocenters. The van der Waals surface area contributed by atoms with E-state index in [0.29, 0.717) is 32.3 Å². The third-order valence-electron chi connectivity index (χ3n) is 4.29. The third kappa shape index (κ3) is 3.72. The van der Waals surface area contributed by atoms with Gasteiger partial charge in [-0.3, -0.25) is 14.9 Å². The standard InChI is InChI=1S/C21H16N2O4S2/c1-26-15-9-8-13-10-16(29-20(25)17(13)18(15)27-2)19(24)23-21-22-14(11-28-21)12-6-4-3-5-7-12/h3-11H,1-2H3,(H,22,23,24). The average Bonchev–Trinajstić information content (AvgIpc) is 3.21. The number of nitrogens with one attached hydrogen (secondary N) is 1. The summed E-state index contributed by atoms with van der Waals surface area (Å²) in [5, 5.41) is 6.14. The van der Waals surface area contributed by atoms with Crippen LogP contribution < -0.4 is 19.5 Å². The highest BCUT2D eigenvalue weighted by Crippen LogP contribution is 2.34. The van der Waals surface area contributed by atoms with E-state index in [1.54, 1.807) is 18.2 Å². The summed E-state index contributed by atoms with van der Waals surface area (Å²) < 4.78 is 10.3. The smallest absolute Gasteiger partial charge is 0.267 e. The number of benzene rings is 2. The lowest BCUT2D eigenvalue weighted by molar-refractivity contribution is 0.103. The van der Waals surface area contributed by atoms with Gasteiger partial charge in [-0.05, 0) is 17.5 Å². The van der Waals surface area contributed by atoms with Crippen LogP contribution in [0.25, 0.3) is 22.0 Å². The van der Waals surface area contributed by atoms with Crippen LogP contribution in [-0.4, -0.2) is 25.1 Å². The molecule has 0 aliphatic heterocycles. The number of aromatic nitrogens is 1. The second kappa shape index (κ2) is 8.02. The number of hydrogen-bond acceptors (Lipinski definition) is 7. The average molecular weight is 425 g/mol. The molecule has 2 aromatic carbocycles. The van der Waals surface area contributed by atoms with Gasteiger partial charge >= 0.3 is 0 Å². The summed E-state index contributed by atoms with van der Waals surface area (Å²) in [6, 6.07) is 14.8. The molecule has 6 nitrogen and oxygen atoms in total. The minimum Gasteiger partial charge on any atom is -0.493 e. The molecule has 0 bridgehead atoms. The lowest BCUT2D eigenvalue weighted by Gasteiger charge is -2.10. The van der Waals surface area contributed by atoms with Gasteiger partial charge in [0.15, 0.2) is 16.6 Å². The van der Waals surface area contributed by atoms with Gasteiger partial charge in [0.2, 0.25) is 4.74 Å². The molecule has 146 valence electrons. The van der Waals surface area contributed by atoms with Crippen LogP contribution in [0.1, 0.15) is 9.67 Å². The molecular formula is C21H16N2O4S2. The number of anilines is 1. The van der Waals surface area contributed by atoms with E-state index in [2.05, 4.69) is 10.3 Å². The molecule has 1 N–H and O–H groups in total. The lowest BCUT2D eigenvalue weighted by Crippen LogP contribution is -2.13. The zero-order chi connectivity index (χ0) is 20.4. The number of carbonyl (C=O) groups is 1. The van der Waals surface area contributed by atoms with E-state index in [-0.39, 0.29) is 10.6 Å². The molecule has 0 spiro atoms. The predicted octanol–water partition coefficient (Wildman–Crippen LogP) is 4.65. The van der Waals surface area contributed by atoms with E-state index in [0.717, 1.165) is 22.6 Å². The Morgan fingerprint density at radius 1 is 1.07 bits per heavy atom. The molecule has 0 saturated carbocycles. The fraction of sp³-hybridized carbons (Fsp3) is 0.0952. The van der Waals surface area contributed by atoms with Gasteiger partial charge < -0.3 is 9.47 Å². The van der Waals surface area contributed by atoms with Crippen molar-refractivity contribution in [3.8, 4) is 22.8 Å². The monoisotopic (exact) mass is 424 g/mol. The molecule has 0 saturated heterocycles. The molecule has 0 aliphatic carbocycles. The van der Waals surface area contributed by atoms with Crippen LogP contribution in [-0.2, 0) is 0 Å². The van der Waals surface area contributed by atoms with Crippen molar-refractivity contribution in [1.29, 1.82) is 0 Å². The van der Waals surface area contributed by atoms with E-state index >= 15 is 0 Å². The number of methoxy groups -OCH3 is 2. The Hall–Kier alpha value is -3.23. The first-order chi connectivity index (χ1) is 14.1. The Morgan fingerprint density at radius 3 is 2.59 bits per heavy atom. The number of rotatable bonds is 5. The number of nitrogens with zero attached hydrogens (tertiary/aromatic N) is 1. The Bertz CT molecular complexity index is 1250. The van der Waals surface area contributed by atoms with Gasteiger partial charge in [0.05, 0.1) is 30.2 Å². The maximum absolute atomic E-state index is 12.7. The maximum Gasteiger partial charge on any atom is 0.267 e. The molecule has 4 rings (SSSR count). The highest BCUT2D eigenvalue weighted by Gasteiger charge is 2.17. The maximum atomic E-state index is 12.7. The predicted molar refractivity (Wildman–Crippen MR) is 117 cm³/mol. The second-order valence-corrected chi connectivity index (χ2v) is 7.89. The molecule has 0 radical (unpaired) electrons. The normalized spacial score (nSPS) is 10.7. The second-order valence-electron chi connectivity index (χ2n) is 6.02. The summed E-state index contributed by atoms with van der Waals surface area (Å²) in [7, 11) is 2.99. The molecule has 2 heterocycles. The molecular weight excluding hydrogens is 408 g/mol. The van der Waals surface area contributed by atoms with Gasteiger partial charge in [0.1, 0.15) is 0 Å². The third-order valence-corrected chi connectivity index (χ3v) is 5.96. The SMILES string of the molecule is COc1ccc2cc(C(=O)Nc3nc(-c4ccccc4)cs3)sc(=O)c2c1OC. The van der Waals surface area contributed by atoms with Crippen molar-refractivity contribution in [2.45, 2.75) is 0 Å². The molecule has 0 fully saturated rings. The van der Waals surface area contributed by atoms with Gasteiger partial charge in [0, 0.05) is 10.9 Å². The number of ether oxygens (including phenoxy) is 2. The summed E-state index contributed by atoms with van der Waals surface area (Å²) in [4.78, 5) is 30.1. The van der Waals surface area contributed by atoms with Crippen LogP contribution in [0.5, 0.6) is 11.5 Å². The van der Waals surface area contributed by atoms with E-state index in [9.17, 15) is 9.59 Å². The Labute approximate surface area is 174 Å². The van der Waals surface area contributed by atoms with Crippen molar-refractivity contribution in [3.05, 3.63) is 68.3 Å². The highest BCUT2D eigenvalue weighted by atomic mass is 32.1. The van der Waals surface area contributed by atoms with Gasteiger partial charge in [-0.2, -0.15) is 0 Å². The lowest BCUT2D eigenvalue weighted by atomic mass is 10.1. The minimum atomic E-state index is -0.377. The first-order valence-electron chi connectivity index (χ1n) is 8.62. The van der Waals surface area contributed by atoms with Gasteiger partial charge in [-0.1, -0.05) is 47.7 Å². The van der Waals surface area contributed by atoms with Gasteiger partial charge in [-0.25, -0.2) is 4.98 Å². The van der Waals surface area contributed by atoms with Crippen molar-refractivity contribution in [2.24, 2.45) is 0 Å². The largest absolute Gasteiger partial charge is 0.493 e. The van der Waals surface area contributed by atoms with Gasteiger partial charge in [0.25, 0.3) is 5.91 Å². The van der Waals surface area contributed by atoms with E-state index < -0.39 is 0 Å². The van der Waals surface area contributed by atoms with Crippen LogP contribution in [0.4, 0.5) is 5.13 Å². The summed E-state index contributed by atoms with van der Waals surface area (Å²) in [5.41, 5.74) is 1.76. The topological polar surface area (TPSA) is 77.5 Å². The van der Waals surface area contributed by atoms with Crippen molar-refractivity contribution < 1.29 is 14.3 Å². The highest BCUT2D eigenvalue weighted by molar-refractivity contribution is 7.14. The van der Waals surface area contributed by atoms with E-state index in [4.69, 9.17) is 9.47 Å². The fourth-order valence-corrected chi connectivity index (χ4v) is 4.49. The van der Waals surface area contributed by atoms with Crippen molar-refractivity contribution in [2.75, 3.05) is 19.5 Å². The molecule has 2 aromatic heterocycles. The van der Waals surface area contributed by atoms with Crippen molar-refractivity contribution in [3.63, 3.8) is 0 Å². The van der Waals surface area contributed by atoms with Gasteiger partial charge in [-0.15, -0.1) is 11.3 Å². The first kappa shape index (κ1) is 19.1.